The van der Waals surface area contributed by atoms with Gasteiger partial charge in [0.1, 0.15) is 0 Å². The molecule has 4 nitrogen and oxygen atoms in total. The van der Waals surface area contributed by atoms with Crippen LogP contribution in [0.2, 0.25) is 0 Å². The zero-order chi connectivity index (χ0) is 13.8. The number of nitrogens with one attached hydrogen (secondary N) is 2. The third-order valence-electron chi connectivity index (χ3n) is 3.54. The summed E-state index contributed by atoms with van der Waals surface area (Å²) in [5.74, 6) is 0.809. The third kappa shape index (κ3) is 4.94. The van der Waals surface area contributed by atoms with Crippen molar-refractivity contribution in [2.24, 2.45) is 11.8 Å². The highest BCUT2D eigenvalue weighted by Gasteiger charge is 2.29. The number of carbonyl (C=O) groups excluding carboxylic acids is 1. The van der Waals surface area contributed by atoms with Gasteiger partial charge in [-0.25, -0.2) is 0 Å². The molecule has 0 bridgehead atoms. The van der Waals surface area contributed by atoms with Crippen molar-refractivity contribution in [1.29, 1.82) is 0 Å². The molecule has 0 spiro atoms. The highest BCUT2D eigenvalue weighted by molar-refractivity contribution is 5.82. The van der Waals surface area contributed by atoms with E-state index in [4.69, 9.17) is 0 Å². The van der Waals surface area contributed by atoms with Crippen LogP contribution in [0.4, 0.5) is 0 Å². The summed E-state index contributed by atoms with van der Waals surface area (Å²) in [6.45, 7) is 9.26. The molecule has 1 heterocycles. The number of carbonyl (C=O) groups is 1. The van der Waals surface area contributed by atoms with E-state index in [1.807, 2.05) is 0 Å². The lowest BCUT2D eigenvalue weighted by atomic mass is 9.91. The van der Waals surface area contributed by atoms with Crippen molar-refractivity contribution in [1.82, 2.24) is 10.6 Å². The maximum Gasteiger partial charge on any atom is 0.237 e. The first kappa shape index (κ1) is 15.4. The van der Waals surface area contributed by atoms with Gasteiger partial charge in [-0.05, 0) is 44.6 Å². The van der Waals surface area contributed by atoms with Gasteiger partial charge < -0.3 is 15.7 Å². The molecule has 18 heavy (non-hydrogen) atoms. The van der Waals surface area contributed by atoms with Crippen molar-refractivity contribution in [2.45, 2.75) is 58.6 Å². The van der Waals surface area contributed by atoms with Crippen molar-refractivity contribution in [2.75, 3.05) is 13.1 Å². The summed E-state index contributed by atoms with van der Waals surface area (Å²) < 4.78 is 0. The summed E-state index contributed by atoms with van der Waals surface area (Å²) in [5, 5.41) is 16.3. The molecular formula is C14H28N2O2. The first-order valence-corrected chi connectivity index (χ1v) is 7.05. The van der Waals surface area contributed by atoms with Crippen molar-refractivity contribution >= 4 is 5.91 Å². The molecule has 3 atom stereocenters. The number of hydrogen-bond donors (Lipinski definition) is 3. The van der Waals surface area contributed by atoms with Crippen molar-refractivity contribution in [3.05, 3.63) is 0 Å². The molecule has 3 N–H and O–H groups in total. The Balaban J connectivity index is 2.40. The molecule has 1 saturated heterocycles. The van der Waals surface area contributed by atoms with Gasteiger partial charge in [-0.2, -0.15) is 0 Å². The summed E-state index contributed by atoms with van der Waals surface area (Å²) in [4.78, 5) is 12.1. The number of piperidine rings is 1. The van der Waals surface area contributed by atoms with Crippen LogP contribution in [-0.2, 0) is 4.79 Å². The molecular weight excluding hydrogens is 228 g/mol. The Kier molecular flexibility index (Phi) is 5.60. The lowest BCUT2D eigenvalue weighted by Gasteiger charge is -2.31. The second-order valence-electron chi connectivity index (χ2n) is 6.36. The fourth-order valence-electron chi connectivity index (χ4n) is 2.74. The monoisotopic (exact) mass is 256 g/mol. The van der Waals surface area contributed by atoms with Crippen LogP contribution in [0.1, 0.15) is 47.0 Å². The molecule has 1 fully saturated rings. The SMILES string of the molecule is CC(C)CC(C)(O)CNC(=O)C1NCCCC1C. The number of rotatable bonds is 5. The number of aliphatic hydroxyl groups is 1. The van der Waals surface area contributed by atoms with Crippen molar-refractivity contribution < 1.29 is 9.90 Å². The largest absolute Gasteiger partial charge is 0.388 e. The van der Waals surface area contributed by atoms with E-state index >= 15 is 0 Å². The van der Waals surface area contributed by atoms with Gasteiger partial charge >= 0.3 is 0 Å². The molecule has 1 amide bonds. The van der Waals surface area contributed by atoms with E-state index in [-0.39, 0.29) is 11.9 Å². The van der Waals surface area contributed by atoms with Crippen LogP contribution in [-0.4, -0.2) is 35.7 Å². The van der Waals surface area contributed by atoms with Crippen LogP contribution in [0.5, 0.6) is 0 Å². The van der Waals surface area contributed by atoms with Crippen LogP contribution in [0.25, 0.3) is 0 Å². The van der Waals surface area contributed by atoms with Crippen LogP contribution < -0.4 is 10.6 Å². The van der Waals surface area contributed by atoms with E-state index in [2.05, 4.69) is 31.4 Å². The maximum absolute atomic E-state index is 12.1. The van der Waals surface area contributed by atoms with E-state index in [1.54, 1.807) is 6.92 Å². The third-order valence-corrected chi connectivity index (χ3v) is 3.54. The highest BCUT2D eigenvalue weighted by Crippen LogP contribution is 2.17. The summed E-state index contributed by atoms with van der Waals surface area (Å²) in [6, 6.07) is -0.103. The van der Waals surface area contributed by atoms with E-state index < -0.39 is 5.60 Å². The molecule has 0 saturated carbocycles. The van der Waals surface area contributed by atoms with Gasteiger partial charge in [-0.15, -0.1) is 0 Å². The molecule has 0 aliphatic carbocycles. The van der Waals surface area contributed by atoms with E-state index in [0.717, 1.165) is 19.4 Å². The quantitative estimate of drug-likeness (QED) is 0.694. The van der Waals surface area contributed by atoms with Crippen LogP contribution in [0.3, 0.4) is 0 Å². The minimum absolute atomic E-state index is 0.0197. The fourth-order valence-corrected chi connectivity index (χ4v) is 2.74. The number of hydrogen-bond acceptors (Lipinski definition) is 3. The molecule has 0 aromatic carbocycles. The number of amides is 1. The topological polar surface area (TPSA) is 61.4 Å². The zero-order valence-corrected chi connectivity index (χ0v) is 12.1. The van der Waals surface area contributed by atoms with Gasteiger partial charge in [-0.1, -0.05) is 20.8 Å². The Morgan fingerprint density at radius 3 is 2.78 bits per heavy atom. The van der Waals surface area contributed by atoms with Crippen molar-refractivity contribution in [3.63, 3.8) is 0 Å². The fraction of sp³-hybridized carbons (Fsp3) is 0.929. The highest BCUT2D eigenvalue weighted by atomic mass is 16.3. The summed E-state index contributed by atoms with van der Waals surface area (Å²) in [5.41, 5.74) is -0.818. The zero-order valence-electron chi connectivity index (χ0n) is 12.1. The van der Waals surface area contributed by atoms with Gasteiger partial charge in [0, 0.05) is 6.54 Å². The Labute approximate surface area is 111 Å². The molecule has 1 aliphatic rings. The molecule has 4 heteroatoms. The summed E-state index contributed by atoms with van der Waals surface area (Å²) >= 11 is 0. The predicted octanol–water partition coefficient (Wildman–Crippen LogP) is 1.29. The molecule has 3 unspecified atom stereocenters. The van der Waals surface area contributed by atoms with E-state index in [1.165, 1.54) is 0 Å². The van der Waals surface area contributed by atoms with E-state index in [9.17, 15) is 9.90 Å². The minimum Gasteiger partial charge on any atom is -0.388 e. The predicted molar refractivity (Wildman–Crippen MR) is 73.3 cm³/mol. The van der Waals surface area contributed by atoms with Crippen LogP contribution in [0.15, 0.2) is 0 Å². The molecule has 0 aromatic heterocycles. The van der Waals surface area contributed by atoms with E-state index in [0.29, 0.717) is 24.8 Å². The lowest BCUT2D eigenvalue weighted by molar-refractivity contribution is -0.126. The first-order valence-electron chi connectivity index (χ1n) is 7.05. The van der Waals surface area contributed by atoms with Gasteiger partial charge in [0.25, 0.3) is 0 Å². The Morgan fingerprint density at radius 1 is 1.56 bits per heavy atom. The second-order valence-corrected chi connectivity index (χ2v) is 6.36. The lowest BCUT2D eigenvalue weighted by Crippen LogP contribution is -2.53. The Bertz CT molecular complexity index is 277. The van der Waals surface area contributed by atoms with Crippen molar-refractivity contribution in [3.8, 4) is 0 Å². The average Bonchev–Trinajstić information content (AvgIpc) is 2.25. The second kappa shape index (κ2) is 6.53. The normalized spacial score (nSPS) is 27.9. The molecule has 1 aliphatic heterocycles. The Morgan fingerprint density at radius 2 is 2.22 bits per heavy atom. The van der Waals surface area contributed by atoms with Gasteiger partial charge in [0.05, 0.1) is 11.6 Å². The summed E-state index contributed by atoms with van der Waals surface area (Å²) in [7, 11) is 0. The molecule has 1 rings (SSSR count). The van der Waals surface area contributed by atoms with Crippen LogP contribution in [0, 0.1) is 11.8 Å². The molecule has 106 valence electrons. The average molecular weight is 256 g/mol. The smallest absolute Gasteiger partial charge is 0.237 e. The molecule has 0 aromatic rings. The van der Waals surface area contributed by atoms with Gasteiger partial charge in [0.15, 0.2) is 0 Å². The molecule has 0 radical (unpaired) electrons. The van der Waals surface area contributed by atoms with Gasteiger partial charge in [0.2, 0.25) is 5.91 Å². The van der Waals surface area contributed by atoms with Gasteiger partial charge in [-0.3, -0.25) is 4.79 Å². The minimum atomic E-state index is -0.818. The summed E-state index contributed by atoms with van der Waals surface area (Å²) in [6.07, 6.45) is 2.92. The standard InChI is InChI=1S/C14H28N2O2/c1-10(2)8-14(4,18)9-16-13(17)12-11(3)6-5-7-15-12/h10-12,15,18H,5-9H2,1-4H3,(H,16,17). The first-order chi connectivity index (χ1) is 8.32. The van der Waals surface area contributed by atoms with Crippen LogP contribution >= 0.6 is 0 Å². The Hall–Kier alpha value is -0.610. The maximum atomic E-state index is 12.1.